The molecule has 0 radical (unpaired) electrons. The zero-order chi connectivity index (χ0) is 19.1. The minimum absolute atomic E-state index is 0.0914. The van der Waals surface area contributed by atoms with E-state index in [2.05, 4.69) is 34.5 Å². The number of guanidine groups is 1. The fraction of sp³-hybridized carbons (Fsp3) is 0.143. The van der Waals surface area contributed by atoms with Crippen LogP contribution < -0.4 is 20.9 Å². The van der Waals surface area contributed by atoms with E-state index in [1.807, 2.05) is 43.3 Å². The van der Waals surface area contributed by atoms with Crippen LogP contribution >= 0.6 is 0 Å². The van der Waals surface area contributed by atoms with Crippen LogP contribution in [0, 0.1) is 0 Å². The summed E-state index contributed by atoms with van der Waals surface area (Å²) in [5.74, 6) is 1.22. The van der Waals surface area contributed by atoms with Crippen molar-refractivity contribution < 1.29 is 9.47 Å². The predicted octanol–water partition coefficient (Wildman–Crippen LogP) is 3.42. The quantitative estimate of drug-likeness (QED) is 0.382. The van der Waals surface area contributed by atoms with E-state index in [0.717, 1.165) is 11.1 Å². The molecule has 0 saturated heterocycles. The van der Waals surface area contributed by atoms with Gasteiger partial charge in [0.1, 0.15) is 6.61 Å². The molecule has 0 fully saturated rings. The van der Waals surface area contributed by atoms with E-state index < -0.39 is 0 Å². The zero-order valence-electron chi connectivity index (χ0n) is 15.1. The lowest BCUT2D eigenvalue weighted by molar-refractivity contribution is 0.270. The summed E-state index contributed by atoms with van der Waals surface area (Å²) in [7, 11) is 0. The highest BCUT2D eigenvalue weighted by Crippen LogP contribution is 2.29. The minimum atomic E-state index is -0.0914. The minimum Gasteiger partial charge on any atom is -0.490 e. The van der Waals surface area contributed by atoms with Gasteiger partial charge >= 0.3 is 0 Å². The number of hydrogen-bond acceptors (Lipinski definition) is 4. The lowest BCUT2D eigenvalue weighted by Gasteiger charge is -2.13. The van der Waals surface area contributed by atoms with Gasteiger partial charge in [-0.05, 0) is 47.0 Å². The number of fused-ring (bicyclic) bond motifs is 1. The molecule has 0 saturated carbocycles. The normalized spacial score (nSPS) is 10.9. The molecule has 0 unspecified atom stereocenters. The van der Waals surface area contributed by atoms with Crippen molar-refractivity contribution in [1.82, 2.24) is 0 Å². The average Bonchev–Trinajstić information content (AvgIpc) is 2.67. The summed E-state index contributed by atoms with van der Waals surface area (Å²) in [6.45, 7) is 2.90. The third kappa shape index (κ3) is 4.76. The Morgan fingerprint density at radius 2 is 1.78 bits per heavy atom. The first-order valence-corrected chi connectivity index (χ1v) is 8.65. The molecule has 4 N–H and O–H groups in total. The van der Waals surface area contributed by atoms with E-state index >= 15 is 0 Å². The molecule has 3 rings (SSSR count). The van der Waals surface area contributed by atoms with Crippen molar-refractivity contribution >= 4 is 22.9 Å². The zero-order valence-corrected chi connectivity index (χ0v) is 15.1. The van der Waals surface area contributed by atoms with Gasteiger partial charge in [-0.2, -0.15) is 5.10 Å². The van der Waals surface area contributed by atoms with Crippen LogP contribution in [0.5, 0.6) is 11.5 Å². The lowest BCUT2D eigenvalue weighted by atomic mass is 10.1. The van der Waals surface area contributed by atoms with Crippen LogP contribution in [-0.2, 0) is 6.61 Å². The molecule has 0 spiro atoms. The van der Waals surface area contributed by atoms with Crippen LogP contribution in [-0.4, -0.2) is 18.8 Å². The highest BCUT2D eigenvalue weighted by Gasteiger charge is 2.08. The monoisotopic (exact) mass is 362 g/mol. The smallest absolute Gasteiger partial charge is 0.211 e. The summed E-state index contributed by atoms with van der Waals surface area (Å²) >= 11 is 0. The second-order valence-electron chi connectivity index (χ2n) is 5.84. The molecule has 0 aliphatic rings. The van der Waals surface area contributed by atoms with Crippen molar-refractivity contribution in [1.29, 1.82) is 0 Å². The fourth-order valence-corrected chi connectivity index (χ4v) is 2.73. The molecule has 138 valence electrons. The topological polar surface area (TPSA) is 95.2 Å². The number of nitrogens with two attached hydrogens (primary N) is 2. The number of benzene rings is 3. The molecule has 3 aromatic carbocycles. The standard InChI is InChI=1S/C21H22N4O2/c1-2-26-20-12-15(13-24-25-21(22)23)10-11-19(20)27-14-17-8-5-7-16-6-3-4-9-18(16)17/h3-13H,2,14H2,1H3,(H4,22,23,25)/b24-13-. The maximum atomic E-state index is 6.04. The van der Waals surface area contributed by atoms with Crippen molar-refractivity contribution in [3.05, 3.63) is 71.8 Å². The Bertz CT molecular complexity index is 974. The second-order valence-corrected chi connectivity index (χ2v) is 5.84. The summed E-state index contributed by atoms with van der Waals surface area (Å²) in [5.41, 5.74) is 12.4. The highest BCUT2D eigenvalue weighted by atomic mass is 16.5. The largest absolute Gasteiger partial charge is 0.490 e. The van der Waals surface area contributed by atoms with Crippen LogP contribution in [0.2, 0.25) is 0 Å². The third-order valence-corrected chi connectivity index (χ3v) is 3.91. The maximum absolute atomic E-state index is 6.04. The molecule has 0 heterocycles. The Labute approximate surface area is 158 Å². The number of nitrogens with zero attached hydrogens (tertiary/aromatic N) is 2. The first-order valence-electron chi connectivity index (χ1n) is 8.65. The molecular formula is C21H22N4O2. The van der Waals surface area contributed by atoms with Crippen molar-refractivity contribution in [2.45, 2.75) is 13.5 Å². The van der Waals surface area contributed by atoms with Crippen molar-refractivity contribution in [3.63, 3.8) is 0 Å². The van der Waals surface area contributed by atoms with Gasteiger partial charge in [-0.1, -0.05) is 42.5 Å². The molecule has 0 atom stereocenters. The summed E-state index contributed by atoms with van der Waals surface area (Å²) in [6, 6.07) is 20.0. The van der Waals surface area contributed by atoms with E-state index in [1.54, 1.807) is 6.21 Å². The van der Waals surface area contributed by atoms with Gasteiger partial charge in [0, 0.05) is 0 Å². The fourth-order valence-electron chi connectivity index (χ4n) is 2.73. The summed E-state index contributed by atoms with van der Waals surface area (Å²) in [6.07, 6.45) is 1.55. The van der Waals surface area contributed by atoms with E-state index in [-0.39, 0.29) is 5.96 Å². The van der Waals surface area contributed by atoms with Crippen LogP contribution in [0.25, 0.3) is 10.8 Å². The van der Waals surface area contributed by atoms with Crippen molar-refractivity contribution in [2.75, 3.05) is 6.61 Å². The molecule has 27 heavy (non-hydrogen) atoms. The van der Waals surface area contributed by atoms with Gasteiger partial charge in [-0.25, -0.2) is 0 Å². The molecule has 3 aromatic rings. The van der Waals surface area contributed by atoms with E-state index in [4.69, 9.17) is 20.9 Å². The third-order valence-electron chi connectivity index (χ3n) is 3.91. The predicted molar refractivity (Wildman–Crippen MR) is 109 cm³/mol. The molecule has 0 aromatic heterocycles. The van der Waals surface area contributed by atoms with Gasteiger partial charge in [-0.15, -0.1) is 5.10 Å². The Hall–Kier alpha value is -3.54. The highest BCUT2D eigenvalue weighted by molar-refractivity contribution is 5.85. The average molecular weight is 362 g/mol. The SMILES string of the molecule is CCOc1cc(/C=N\N=C(N)N)ccc1OCc1cccc2ccccc12. The maximum Gasteiger partial charge on any atom is 0.211 e. The van der Waals surface area contributed by atoms with Crippen molar-refractivity contribution in [2.24, 2.45) is 21.7 Å². The Balaban J connectivity index is 1.81. The molecule has 0 amide bonds. The summed E-state index contributed by atoms with van der Waals surface area (Å²) in [4.78, 5) is 0. The van der Waals surface area contributed by atoms with Crippen LogP contribution in [0.4, 0.5) is 0 Å². The van der Waals surface area contributed by atoms with E-state index in [0.29, 0.717) is 24.7 Å². The van der Waals surface area contributed by atoms with Gasteiger partial charge in [0.15, 0.2) is 11.5 Å². The van der Waals surface area contributed by atoms with E-state index in [9.17, 15) is 0 Å². The summed E-state index contributed by atoms with van der Waals surface area (Å²) in [5, 5.41) is 9.78. The van der Waals surface area contributed by atoms with Crippen LogP contribution in [0.15, 0.2) is 70.9 Å². The number of rotatable bonds is 7. The number of hydrogen-bond donors (Lipinski definition) is 2. The molecule has 6 heteroatoms. The van der Waals surface area contributed by atoms with Gasteiger partial charge in [-0.3, -0.25) is 0 Å². The van der Waals surface area contributed by atoms with E-state index in [1.165, 1.54) is 10.8 Å². The van der Waals surface area contributed by atoms with Gasteiger partial charge in [0.2, 0.25) is 5.96 Å². The van der Waals surface area contributed by atoms with Gasteiger partial charge in [0.05, 0.1) is 12.8 Å². The Morgan fingerprint density at radius 3 is 2.59 bits per heavy atom. The molecule has 0 aliphatic carbocycles. The van der Waals surface area contributed by atoms with Crippen LogP contribution in [0.3, 0.4) is 0 Å². The molecule has 6 nitrogen and oxygen atoms in total. The number of ether oxygens (including phenoxy) is 2. The summed E-state index contributed by atoms with van der Waals surface area (Å²) < 4.78 is 11.8. The molecule has 0 aliphatic heterocycles. The van der Waals surface area contributed by atoms with Crippen LogP contribution in [0.1, 0.15) is 18.1 Å². The first-order chi connectivity index (χ1) is 13.2. The van der Waals surface area contributed by atoms with Gasteiger partial charge < -0.3 is 20.9 Å². The first kappa shape index (κ1) is 18.3. The Morgan fingerprint density at radius 1 is 0.963 bits per heavy atom. The van der Waals surface area contributed by atoms with Crippen molar-refractivity contribution in [3.8, 4) is 11.5 Å². The Kier molecular flexibility index (Phi) is 5.89. The molecular weight excluding hydrogens is 340 g/mol. The van der Waals surface area contributed by atoms with Gasteiger partial charge in [0.25, 0.3) is 0 Å². The second kappa shape index (κ2) is 8.71. The lowest BCUT2D eigenvalue weighted by Crippen LogP contribution is -2.21. The molecule has 0 bridgehead atoms.